The van der Waals surface area contributed by atoms with Crippen LogP contribution in [0.5, 0.6) is 0 Å². The van der Waals surface area contributed by atoms with Crippen molar-refractivity contribution in [1.29, 1.82) is 0 Å². The lowest BCUT2D eigenvalue weighted by Crippen LogP contribution is -2.47. The Morgan fingerprint density at radius 3 is 2.40 bits per heavy atom. The first kappa shape index (κ1) is 15.5. The second-order valence-electron chi connectivity index (χ2n) is 4.61. The highest BCUT2D eigenvalue weighted by Gasteiger charge is 2.56. The van der Waals surface area contributed by atoms with Crippen LogP contribution in [-0.2, 0) is 12.7 Å². The van der Waals surface area contributed by atoms with Gasteiger partial charge in [0.25, 0.3) is 0 Å². The molecule has 0 aromatic carbocycles. The molecular formula is C10H10F6N2OS. The van der Waals surface area contributed by atoms with Crippen LogP contribution in [0.4, 0.5) is 26.3 Å². The van der Waals surface area contributed by atoms with Gasteiger partial charge in [-0.3, -0.25) is 4.90 Å². The van der Waals surface area contributed by atoms with Crippen LogP contribution < -0.4 is 0 Å². The molecule has 0 radical (unpaired) electrons. The summed E-state index contributed by atoms with van der Waals surface area (Å²) in [6, 6.07) is 0. The summed E-state index contributed by atoms with van der Waals surface area (Å²) in [6.45, 7) is -0.840. The van der Waals surface area contributed by atoms with E-state index in [0.717, 1.165) is 0 Å². The van der Waals surface area contributed by atoms with Gasteiger partial charge in [-0.15, -0.1) is 11.3 Å². The fourth-order valence-electron chi connectivity index (χ4n) is 1.94. The van der Waals surface area contributed by atoms with Crippen LogP contribution in [0.3, 0.4) is 0 Å². The monoisotopic (exact) mass is 320 g/mol. The number of aromatic nitrogens is 1. The van der Waals surface area contributed by atoms with Crippen molar-refractivity contribution in [2.75, 3.05) is 13.1 Å². The molecular weight excluding hydrogens is 310 g/mol. The molecule has 1 atom stereocenters. The molecule has 1 aromatic heterocycles. The second-order valence-corrected chi connectivity index (χ2v) is 5.72. The minimum absolute atomic E-state index is 0.0447. The molecule has 0 spiro atoms. The van der Waals surface area contributed by atoms with Crippen molar-refractivity contribution in [2.24, 2.45) is 0 Å². The maximum atomic E-state index is 12.6. The van der Waals surface area contributed by atoms with E-state index >= 15 is 0 Å². The lowest BCUT2D eigenvalue weighted by molar-refractivity contribution is -0.254. The molecule has 1 unspecified atom stereocenters. The third-order valence-corrected chi connectivity index (χ3v) is 4.07. The molecule has 1 fully saturated rings. The van der Waals surface area contributed by atoms with Crippen molar-refractivity contribution in [3.8, 4) is 0 Å². The second kappa shape index (κ2) is 4.85. The number of aliphatic hydroxyl groups is 1. The van der Waals surface area contributed by atoms with Crippen LogP contribution in [0, 0.1) is 0 Å². The summed E-state index contributed by atoms with van der Waals surface area (Å²) in [6.07, 6.45) is -9.09. The number of halogens is 6. The highest BCUT2D eigenvalue weighted by atomic mass is 32.1. The van der Waals surface area contributed by atoms with E-state index in [1.54, 1.807) is 0 Å². The van der Waals surface area contributed by atoms with Crippen LogP contribution in [0.15, 0.2) is 6.20 Å². The van der Waals surface area contributed by atoms with Crippen LogP contribution >= 0.6 is 11.3 Å². The SMILES string of the molecule is OC1(C(F)(F)F)CCN(Cc2ncc(C(F)(F)F)s2)C1. The third-order valence-electron chi connectivity index (χ3n) is 3.05. The van der Waals surface area contributed by atoms with Crippen LogP contribution in [0.1, 0.15) is 16.3 Å². The van der Waals surface area contributed by atoms with Gasteiger partial charge in [0.05, 0.1) is 12.7 Å². The molecule has 1 N–H and O–H groups in total. The highest BCUT2D eigenvalue weighted by Crippen LogP contribution is 2.39. The van der Waals surface area contributed by atoms with Crippen molar-refractivity contribution in [3.63, 3.8) is 0 Å². The Kier molecular flexibility index (Phi) is 3.76. The zero-order valence-corrected chi connectivity index (χ0v) is 10.7. The lowest BCUT2D eigenvalue weighted by Gasteiger charge is -2.25. The minimum Gasteiger partial charge on any atom is -0.379 e. The van der Waals surface area contributed by atoms with E-state index in [-0.39, 0.29) is 18.1 Å². The fourth-order valence-corrected chi connectivity index (χ4v) is 2.77. The molecule has 2 heterocycles. The first-order valence-corrected chi connectivity index (χ1v) is 6.36. The van der Waals surface area contributed by atoms with Crippen LogP contribution in [0.25, 0.3) is 0 Å². The largest absolute Gasteiger partial charge is 0.427 e. The Morgan fingerprint density at radius 1 is 1.30 bits per heavy atom. The Hall–Kier alpha value is -0.870. The number of β-amino-alcohol motifs (C(OH)–C–C–N with tert-alkyl or cyclic N) is 1. The van der Waals surface area contributed by atoms with Crippen molar-refractivity contribution < 1.29 is 31.4 Å². The third kappa shape index (κ3) is 3.07. The molecule has 0 aliphatic carbocycles. The van der Waals surface area contributed by atoms with Gasteiger partial charge in [0.15, 0.2) is 5.60 Å². The van der Waals surface area contributed by atoms with E-state index in [9.17, 15) is 31.4 Å². The molecule has 1 aliphatic heterocycles. The smallest absolute Gasteiger partial charge is 0.379 e. The Morgan fingerprint density at radius 2 is 1.95 bits per heavy atom. The Balaban J connectivity index is 2.01. The molecule has 2 rings (SSSR count). The van der Waals surface area contributed by atoms with Crippen LogP contribution in [-0.4, -0.2) is 39.9 Å². The predicted molar refractivity (Wildman–Crippen MR) is 58.0 cm³/mol. The van der Waals surface area contributed by atoms with Gasteiger partial charge in [0.2, 0.25) is 0 Å². The quantitative estimate of drug-likeness (QED) is 0.851. The summed E-state index contributed by atoms with van der Waals surface area (Å²) in [5, 5.41) is 9.52. The summed E-state index contributed by atoms with van der Waals surface area (Å²) in [5.74, 6) is 0. The maximum absolute atomic E-state index is 12.6. The summed E-state index contributed by atoms with van der Waals surface area (Å²) in [4.78, 5) is 3.90. The van der Waals surface area contributed by atoms with Gasteiger partial charge in [0, 0.05) is 13.1 Å². The summed E-state index contributed by atoms with van der Waals surface area (Å²) >= 11 is 0.394. The van der Waals surface area contributed by atoms with Gasteiger partial charge >= 0.3 is 12.4 Å². The van der Waals surface area contributed by atoms with Crippen molar-refractivity contribution in [1.82, 2.24) is 9.88 Å². The lowest BCUT2D eigenvalue weighted by atomic mass is 10.0. The van der Waals surface area contributed by atoms with E-state index in [4.69, 9.17) is 0 Å². The van der Waals surface area contributed by atoms with Gasteiger partial charge in [-0.2, -0.15) is 26.3 Å². The Bertz CT molecular complexity index is 485. The van der Waals surface area contributed by atoms with Crippen molar-refractivity contribution in [2.45, 2.75) is 30.9 Å². The van der Waals surface area contributed by atoms with E-state index < -0.39 is 35.8 Å². The predicted octanol–water partition coefficient (Wildman–Crippen LogP) is 2.66. The van der Waals surface area contributed by atoms with E-state index in [1.807, 2.05) is 0 Å². The normalized spacial score (nSPS) is 25.4. The molecule has 10 heteroatoms. The number of nitrogens with zero attached hydrogens (tertiary/aromatic N) is 2. The van der Waals surface area contributed by atoms with Crippen molar-refractivity contribution >= 4 is 11.3 Å². The first-order chi connectivity index (χ1) is 9.01. The fraction of sp³-hybridized carbons (Fsp3) is 0.700. The van der Waals surface area contributed by atoms with E-state index in [2.05, 4.69) is 4.98 Å². The van der Waals surface area contributed by atoms with Gasteiger partial charge in [0.1, 0.15) is 9.88 Å². The summed E-state index contributed by atoms with van der Waals surface area (Å²) in [7, 11) is 0. The minimum atomic E-state index is -4.75. The van der Waals surface area contributed by atoms with Gasteiger partial charge in [-0.1, -0.05) is 0 Å². The zero-order chi connectivity index (χ0) is 15.2. The number of hydrogen-bond acceptors (Lipinski definition) is 4. The molecule has 3 nitrogen and oxygen atoms in total. The number of likely N-dealkylation sites (tertiary alicyclic amines) is 1. The van der Waals surface area contributed by atoms with Gasteiger partial charge in [-0.05, 0) is 6.42 Å². The summed E-state index contributed by atoms with van der Waals surface area (Å²) in [5.41, 5.74) is -2.79. The molecule has 1 aromatic rings. The number of thiazole rings is 1. The molecule has 0 saturated carbocycles. The Labute approximate surface area is 113 Å². The number of hydrogen-bond donors (Lipinski definition) is 1. The number of alkyl halides is 6. The topological polar surface area (TPSA) is 36.4 Å². The maximum Gasteiger partial charge on any atom is 0.427 e. The molecule has 20 heavy (non-hydrogen) atoms. The molecule has 1 aliphatic rings. The first-order valence-electron chi connectivity index (χ1n) is 5.55. The standard InChI is InChI=1S/C10H10F6N2OS/c11-9(12,13)6-3-17-7(20-6)4-18-2-1-8(19,5-18)10(14,15)16/h3,19H,1-2,4-5H2. The number of rotatable bonds is 2. The van der Waals surface area contributed by atoms with Gasteiger partial charge < -0.3 is 5.11 Å². The van der Waals surface area contributed by atoms with E-state index in [1.165, 1.54) is 4.90 Å². The molecule has 0 amide bonds. The zero-order valence-electron chi connectivity index (χ0n) is 9.92. The molecule has 114 valence electrons. The average molecular weight is 320 g/mol. The molecule has 0 bridgehead atoms. The average Bonchev–Trinajstić information content (AvgIpc) is 2.85. The molecule has 1 saturated heterocycles. The highest BCUT2D eigenvalue weighted by molar-refractivity contribution is 7.11. The van der Waals surface area contributed by atoms with Crippen molar-refractivity contribution in [3.05, 3.63) is 16.1 Å². The van der Waals surface area contributed by atoms with Gasteiger partial charge in [-0.25, -0.2) is 4.98 Å². The van der Waals surface area contributed by atoms with E-state index in [0.29, 0.717) is 17.5 Å². The summed E-state index contributed by atoms with van der Waals surface area (Å²) < 4.78 is 74.8. The van der Waals surface area contributed by atoms with Crippen LogP contribution in [0.2, 0.25) is 0 Å².